The molecule has 0 aliphatic rings. The van der Waals surface area contributed by atoms with Crippen molar-refractivity contribution in [1.29, 1.82) is 0 Å². The molecule has 1 atom stereocenters. The Bertz CT molecular complexity index is 942. The standard InChI is InChI=1S/C52H96O6/c1-4-7-10-13-16-19-22-24-25-26-27-28-31-33-36-39-42-45-51(54)57-48-49(47-56-50(53)44-41-38-35-32-29-21-18-15-12-9-6-3)58-52(55)46-43-40-37-34-30-23-20-17-14-11-8-5-2/h16,19,24-25,49H,4-15,17-18,20-23,26-48H2,1-3H3/b19-16-,25-24-. The first-order valence-corrected chi connectivity index (χ1v) is 25.3. The van der Waals surface area contributed by atoms with Gasteiger partial charge >= 0.3 is 17.9 Å². The van der Waals surface area contributed by atoms with Crippen molar-refractivity contribution in [3.8, 4) is 0 Å². The summed E-state index contributed by atoms with van der Waals surface area (Å²) in [5.41, 5.74) is 0. The van der Waals surface area contributed by atoms with Crippen LogP contribution in [-0.2, 0) is 28.6 Å². The van der Waals surface area contributed by atoms with E-state index >= 15 is 0 Å². The van der Waals surface area contributed by atoms with Crippen molar-refractivity contribution in [2.75, 3.05) is 13.2 Å². The molecule has 0 aromatic rings. The lowest BCUT2D eigenvalue weighted by Gasteiger charge is -2.18. The average molecular weight is 817 g/mol. The molecule has 0 saturated carbocycles. The number of carbonyl (C=O) groups is 3. The van der Waals surface area contributed by atoms with E-state index in [1.54, 1.807) is 0 Å². The van der Waals surface area contributed by atoms with Crippen molar-refractivity contribution in [2.45, 2.75) is 277 Å². The van der Waals surface area contributed by atoms with Crippen LogP contribution >= 0.6 is 0 Å². The lowest BCUT2D eigenvalue weighted by atomic mass is 10.0. The summed E-state index contributed by atoms with van der Waals surface area (Å²) < 4.78 is 16.8. The summed E-state index contributed by atoms with van der Waals surface area (Å²) in [6.07, 6.45) is 53.0. The maximum atomic E-state index is 12.7. The minimum absolute atomic E-state index is 0.0692. The number of esters is 3. The van der Waals surface area contributed by atoms with Crippen molar-refractivity contribution in [1.82, 2.24) is 0 Å². The molecule has 0 aliphatic carbocycles. The third-order valence-corrected chi connectivity index (χ3v) is 11.2. The van der Waals surface area contributed by atoms with Gasteiger partial charge in [0.2, 0.25) is 0 Å². The monoisotopic (exact) mass is 817 g/mol. The lowest BCUT2D eigenvalue weighted by Crippen LogP contribution is -2.30. The molecule has 0 N–H and O–H groups in total. The first kappa shape index (κ1) is 55.9. The van der Waals surface area contributed by atoms with Crippen LogP contribution in [0.15, 0.2) is 24.3 Å². The van der Waals surface area contributed by atoms with Crippen LogP contribution in [0.2, 0.25) is 0 Å². The zero-order valence-corrected chi connectivity index (χ0v) is 38.8. The predicted octanol–water partition coefficient (Wildman–Crippen LogP) is 16.4. The van der Waals surface area contributed by atoms with Gasteiger partial charge in [0.25, 0.3) is 0 Å². The predicted molar refractivity (Wildman–Crippen MR) is 247 cm³/mol. The molecule has 0 fully saturated rings. The van der Waals surface area contributed by atoms with Crippen LogP contribution in [-0.4, -0.2) is 37.2 Å². The van der Waals surface area contributed by atoms with Gasteiger partial charge in [-0.25, -0.2) is 0 Å². The van der Waals surface area contributed by atoms with Gasteiger partial charge < -0.3 is 14.2 Å². The molecule has 0 amide bonds. The van der Waals surface area contributed by atoms with Gasteiger partial charge in [0.15, 0.2) is 6.10 Å². The fourth-order valence-corrected chi connectivity index (χ4v) is 7.36. The second-order valence-electron chi connectivity index (χ2n) is 17.1. The van der Waals surface area contributed by atoms with Gasteiger partial charge in [-0.1, -0.05) is 225 Å². The van der Waals surface area contributed by atoms with Gasteiger partial charge in [-0.2, -0.15) is 0 Å². The number of hydrogen-bond donors (Lipinski definition) is 0. The summed E-state index contributed by atoms with van der Waals surface area (Å²) in [6, 6.07) is 0. The second kappa shape index (κ2) is 47.6. The first-order chi connectivity index (χ1) is 28.5. The molecule has 340 valence electrons. The van der Waals surface area contributed by atoms with Crippen molar-refractivity contribution in [3.63, 3.8) is 0 Å². The molecule has 6 nitrogen and oxygen atoms in total. The Morgan fingerprint density at radius 1 is 0.345 bits per heavy atom. The van der Waals surface area contributed by atoms with Crippen molar-refractivity contribution >= 4 is 17.9 Å². The summed E-state index contributed by atoms with van der Waals surface area (Å²) in [7, 11) is 0. The molecule has 0 aliphatic heterocycles. The van der Waals surface area contributed by atoms with E-state index in [1.165, 1.54) is 161 Å². The normalized spacial score (nSPS) is 12.1. The number of unbranched alkanes of at least 4 members (excludes halogenated alkanes) is 31. The van der Waals surface area contributed by atoms with Crippen molar-refractivity contribution in [2.24, 2.45) is 0 Å². The molecule has 0 radical (unpaired) electrons. The van der Waals surface area contributed by atoms with Crippen LogP contribution < -0.4 is 0 Å². The Balaban J connectivity index is 4.32. The van der Waals surface area contributed by atoms with Crippen LogP contribution in [0, 0.1) is 0 Å². The van der Waals surface area contributed by atoms with Gasteiger partial charge in [0.05, 0.1) is 0 Å². The van der Waals surface area contributed by atoms with Crippen LogP contribution in [0.25, 0.3) is 0 Å². The number of rotatable bonds is 46. The molecule has 0 rings (SSSR count). The number of allylic oxidation sites excluding steroid dienone is 4. The highest BCUT2D eigenvalue weighted by Gasteiger charge is 2.19. The molecule has 0 heterocycles. The van der Waals surface area contributed by atoms with E-state index in [0.717, 1.165) is 70.6 Å². The SMILES string of the molecule is CCCCC/C=C\C/C=C\CCCCCCCCCC(=O)OCC(COC(=O)CCCCCCCCCCCCC)OC(=O)CCCCCCCCCCCCCC. The molecule has 0 aromatic heterocycles. The summed E-state index contributed by atoms with van der Waals surface area (Å²) in [5, 5.41) is 0. The summed E-state index contributed by atoms with van der Waals surface area (Å²) in [5.74, 6) is -0.866. The fourth-order valence-electron chi connectivity index (χ4n) is 7.36. The fraction of sp³-hybridized carbons (Fsp3) is 0.865. The zero-order chi connectivity index (χ0) is 42.3. The van der Waals surface area contributed by atoms with Gasteiger partial charge in [0.1, 0.15) is 13.2 Å². The Morgan fingerprint density at radius 3 is 0.983 bits per heavy atom. The minimum Gasteiger partial charge on any atom is -0.462 e. The third-order valence-electron chi connectivity index (χ3n) is 11.2. The average Bonchev–Trinajstić information content (AvgIpc) is 3.22. The van der Waals surface area contributed by atoms with E-state index in [-0.39, 0.29) is 31.1 Å². The molecular formula is C52H96O6. The summed E-state index contributed by atoms with van der Waals surface area (Å²) in [4.78, 5) is 37.9. The quantitative estimate of drug-likeness (QED) is 0.0263. The van der Waals surface area contributed by atoms with E-state index in [2.05, 4.69) is 45.1 Å². The van der Waals surface area contributed by atoms with E-state index in [1.807, 2.05) is 0 Å². The van der Waals surface area contributed by atoms with Crippen LogP contribution in [0.4, 0.5) is 0 Å². The highest BCUT2D eigenvalue weighted by atomic mass is 16.6. The Labute approximate surface area is 360 Å². The molecule has 58 heavy (non-hydrogen) atoms. The zero-order valence-electron chi connectivity index (χ0n) is 38.8. The number of ether oxygens (including phenoxy) is 3. The highest BCUT2D eigenvalue weighted by Crippen LogP contribution is 2.15. The van der Waals surface area contributed by atoms with Gasteiger partial charge in [0, 0.05) is 19.3 Å². The van der Waals surface area contributed by atoms with Crippen molar-refractivity contribution in [3.05, 3.63) is 24.3 Å². The third kappa shape index (κ3) is 45.0. The largest absolute Gasteiger partial charge is 0.462 e. The molecule has 0 spiro atoms. The Morgan fingerprint density at radius 2 is 0.621 bits per heavy atom. The summed E-state index contributed by atoms with van der Waals surface area (Å²) >= 11 is 0. The van der Waals surface area contributed by atoms with Crippen LogP contribution in [0.5, 0.6) is 0 Å². The van der Waals surface area contributed by atoms with Crippen LogP contribution in [0.3, 0.4) is 0 Å². The molecule has 1 unspecified atom stereocenters. The lowest BCUT2D eigenvalue weighted by molar-refractivity contribution is -0.167. The topological polar surface area (TPSA) is 78.9 Å². The van der Waals surface area contributed by atoms with Gasteiger partial charge in [-0.05, 0) is 51.4 Å². The molecule has 0 saturated heterocycles. The summed E-state index contributed by atoms with van der Waals surface area (Å²) in [6.45, 7) is 6.62. The Hall–Kier alpha value is -2.11. The molecule has 0 bridgehead atoms. The molecule has 0 aromatic carbocycles. The Kier molecular flexibility index (Phi) is 45.8. The van der Waals surface area contributed by atoms with Gasteiger partial charge in [-0.3, -0.25) is 14.4 Å². The second-order valence-corrected chi connectivity index (χ2v) is 17.1. The molecular weight excluding hydrogens is 721 g/mol. The first-order valence-electron chi connectivity index (χ1n) is 25.3. The van der Waals surface area contributed by atoms with E-state index < -0.39 is 6.10 Å². The number of carbonyl (C=O) groups excluding carboxylic acids is 3. The van der Waals surface area contributed by atoms with Crippen molar-refractivity contribution < 1.29 is 28.6 Å². The smallest absolute Gasteiger partial charge is 0.306 e. The van der Waals surface area contributed by atoms with E-state index in [9.17, 15) is 14.4 Å². The van der Waals surface area contributed by atoms with E-state index in [0.29, 0.717) is 19.3 Å². The number of hydrogen-bond acceptors (Lipinski definition) is 6. The maximum Gasteiger partial charge on any atom is 0.306 e. The minimum atomic E-state index is -0.767. The van der Waals surface area contributed by atoms with E-state index in [4.69, 9.17) is 14.2 Å². The molecule has 6 heteroatoms. The maximum absolute atomic E-state index is 12.7. The van der Waals surface area contributed by atoms with Crippen LogP contribution in [0.1, 0.15) is 271 Å². The highest BCUT2D eigenvalue weighted by molar-refractivity contribution is 5.71. The van der Waals surface area contributed by atoms with Gasteiger partial charge in [-0.15, -0.1) is 0 Å².